The van der Waals surface area contributed by atoms with Crippen molar-refractivity contribution in [3.8, 4) is 5.75 Å². The quantitative estimate of drug-likeness (QED) is 0.839. The lowest BCUT2D eigenvalue weighted by molar-refractivity contribution is 0.468. The van der Waals surface area contributed by atoms with Crippen LogP contribution in [0.5, 0.6) is 5.75 Å². The summed E-state index contributed by atoms with van der Waals surface area (Å²) in [6.07, 6.45) is 2.21. The van der Waals surface area contributed by atoms with Gasteiger partial charge in [0.25, 0.3) is 0 Å². The fourth-order valence-corrected chi connectivity index (χ4v) is 2.47. The van der Waals surface area contributed by atoms with Gasteiger partial charge in [-0.3, -0.25) is 0 Å². The average molecular weight is 260 g/mol. The van der Waals surface area contributed by atoms with Crippen molar-refractivity contribution in [1.29, 1.82) is 0 Å². The van der Waals surface area contributed by atoms with Gasteiger partial charge in [0.05, 0.1) is 5.69 Å². The van der Waals surface area contributed by atoms with Gasteiger partial charge < -0.3 is 10.0 Å². The molecule has 2 nitrogen and oxygen atoms in total. The number of phenolic OH excluding ortho intramolecular Hbond substituents is 1. The first-order valence-corrected chi connectivity index (χ1v) is 5.41. The molecule has 0 saturated carbocycles. The summed E-state index contributed by atoms with van der Waals surface area (Å²) >= 11 is 3.27. The Labute approximate surface area is 90.5 Å². The molecule has 76 valence electrons. The van der Waals surface area contributed by atoms with Crippen LogP contribution in [0.3, 0.4) is 0 Å². The highest BCUT2D eigenvalue weighted by Crippen LogP contribution is 2.34. The molecule has 2 rings (SSSR count). The minimum atomic E-state index is -0.362. The van der Waals surface area contributed by atoms with Crippen molar-refractivity contribution < 1.29 is 9.50 Å². The number of benzene rings is 1. The zero-order chi connectivity index (χ0) is 10.1. The van der Waals surface area contributed by atoms with E-state index in [1.54, 1.807) is 0 Å². The molecule has 4 heteroatoms. The number of rotatable bonds is 1. The van der Waals surface area contributed by atoms with Crippen molar-refractivity contribution in [3.63, 3.8) is 0 Å². The van der Waals surface area contributed by atoms with Crippen molar-refractivity contribution in [3.05, 3.63) is 22.4 Å². The summed E-state index contributed by atoms with van der Waals surface area (Å²) in [5.74, 6) is -0.406. The van der Waals surface area contributed by atoms with Gasteiger partial charge in [0, 0.05) is 23.6 Å². The number of halogens is 2. The number of hydrogen-bond acceptors (Lipinski definition) is 2. The average Bonchev–Trinajstić information content (AvgIpc) is 2.54. The highest BCUT2D eigenvalue weighted by Gasteiger charge is 2.19. The van der Waals surface area contributed by atoms with E-state index in [9.17, 15) is 9.50 Å². The maximum atomic E-state index is 13.5. The summed E-state index contributed by atoms with van der Waals surface area (Å²) in [6.45, 7) is 1.78. The highest BCUT2D eigenvalue weighted by molar-refractivity contribution is 9.10. The summed E-state index contributed by atoms with van der Waals surface area (Å²) < 4.78 is 14.2. The third-order valence-electron chi connectivity index (χ3n) is 2.42. The van der Waals surface area contributed by atoms with E-state index in [1.807, 2.05) is 4.90 Å². The van der Waals surface area contributed by atoms with E-state index in [2.05, 4.69) is 15.9 Å². The lowest BCUT2D eigenvalue weighted by atomic mass is 10.2. The Morgan fingerprint density at radius 3 is 2.50 bits per heavy atom. The number of nitrogens with zero attached hydrogens (tertiary/aromatic N) is 1. The minimum absolute atomic E-state index is 0.0441. The lowest BCUT2D eigenvalue weighted by Gasteiger charge is -2.19. The minimum Gasteiger partial charge on any atom is -0.508 e. The highest BCUT2D eigenvalue weighted by atomic mass is 79.9. The van der Waals surface area contributed by atoms with Gasteiger partial charge in [-0.25, -0.2) is 4.39 Å². The topological polar surface area (TPSA) is 23.5 Å². The zero-order valence-corrected chi connectivity index (χ0v) is 9.22. The first-order valence-electron chi connectivity index (χ1n) is 4.61. The van der Waals surface area contributed by atoms with Gasteiger partial charge in [-0.1, -0.05) is 0 Å². The molecular weight excluding hydrogens is 249 g/mol. The molecule has 14 heavy (non-hydrogen) atoms. The molecule has 0 bridgehead atoms. The molecule has 0 spiro atoms. The molecule has 1 aromatic carbocycles. The normalized spacial score (nSPS) is 16.3. The van der Waals surface area contributed by atoms with Gasteiger partial charge >= 0.3 is 0 Å². The maximum Gasteiger partial charge on any atom is 0.151 e. The smallest absolute Gasteiger partial charge is 0.151 e. The SMILES string of the molecule is Oc1cc(F)c(N2CCCC2)c(Br)c1. The molecule has 1 saturated heterocycles. The van der Waals surface area contributed by atoms with Crippen LogP contribution in [0.2, 0.25) is 0 Å². The Kier molecular flexibility index (Phi) is 2.63. The van der Waals surface area contributed by atoms with Crippen molar-refractivity contribution >= 4 is 21.6 Å². The van der Waals surface area contributed by atoms with Crippen LogP contribution in [-0.4, -0.2) is 18.2 Å². The van der Waals surface area contributed by atoms with Gasteiger partial charge in [0.15, 0.2) is 5.82 Å². The van der Waals surface area contributed by atoms with Crippen LogP contribution in [0.15, 0.2) is 16.6 Å². The van der Waals surface area contributed by atoms with Crippen LogP contribution in [0.1, 0.15) is 12.8 Å². The van der Waals surface area contributed by atoms with E-state index >= 15 is 0 Å². The Bertz CT molecular complexity index is 327. The summed E-state index contributed by atoms with van der Waals surface area (Å²) in [5.41, 5.74) is 0.570. The fraction of sp³-hybridized carbons (Fsp3) is 0.400. The molecule has 0 radical (unpaired) electrons. The van der Waals surface area contributed by atoms with Crippen LogP contribution < -0.4 is 4.90 Å². The summed E-state index contributed by atoms with van der Waals surface area (Å²) in [6, 6.07) is 2.68. The molecule has 0 unspecified atom stereocenters. The molecule has 0 amide bonds. The van der Waals surface area contributed by atoms with Gasteiger partial charge in [0.1, 0.15) is 5.75 Å². The van der Waals surface area contributed by atoms with E-state index in [0.29, 0.717) is 10.2 Å². The molecule has 1 aromatic rings. The molecule has 0 atom stereocenters. The van der Waals surface area contributed by atoms with Crippen molar-refractivity contribution in [2.75, 3.05) is 18.0 Å². The Morgan fingerprint density at radius 2 is 1.93 bits per heavy atom. The molecule has 0 aliphatic carbocycles. The number of anilines is 1. The van der Waals surface area contributed by atoms with E-state index < -0.39 is 0 Å². The second kappa shape index (κ2) is 3.77. The van der Waals surface area contributed by atoms with E-state index in [-0.39, 0.29) is 11.6 Å². The monoisotopic (exact) mass is 259 g/mol. The summed E-state index contributed by atoms with van der Waals surface area (Å²) in [5, 5.41) is 9.17. The third kappa shape index (κ3) is 1.71. The maximum absolute atomic E-state index is 13.5. The standard InChI is InChI=1S/C10H11BrFNO/c11-8-5-7(14)6-9(12)10(8)13-3-1-2-4-13/h5-6,14H,1-4H2. The molecule has 1 aliphatic rings. The van der Waals surface area contributed by atoms with Crippen molar-refractivity contribution in [1.82, 2.24) is 0 Å². The van der Waals surface area contributed by atoms with Crippen LogP contribution in [0.4, 0.5) is 10.1 Å². The third-order valence-corrected chi connectivity index (χ3v) is 3.03. The number of hydrogen-bond donors (Lipinski definition) is 1. The molecule has 1 fully saturated rings. The summed E-state index contributed by atoms with van der Waals surface area (Å²) in [7, 11) is 0. The van der Waals surface area contributed by atoms with Gasteiger partial charge in [-0.15, -0.1) is 0 Å². The first-order chi connectivity index (χ1) is 6.68. The van der Waals surface area contributed by atoms with Gasteiger partial charge in [-0.05, 0) is 34.8 Å². The second-order valence-corrected chi connectivity index (χ2v) is 4.31. The predicted molar refractivity (Wildman–Crippen MR) is 57.2 cm³/mol. The van der Waals surface area contributed by atoms with Crippen molar-refractivity contribution in [2.24, 2.45) is 0 Å². The molecule has 0 aromatic heterocycles. The predicted octanol–water partition coefficient (Wildman–Crippen LogP) is 2.89. The van der Waals surface area contributed by atoms with E-state index in [4.69, 9.17) is 0 Å². The van der Waals surface area contributed by atoms with Crippen LogP contribution in [0, 0.1) is 5.82 Å². The van der Waals surface area contributed by atoms with E-state index in [1.165, 1.54) is 6.07 Å². The Balaban J connectivity index is 2.40. The molecule has 1 N–H and O–H groups in total. The lowest BCUT2D eigenvalue weighted by Crippen LogP contribution is -2.19. The molecule has 1 heterocycles. The van der Waals surface area contributed by atoms with Crippen LogP contribution in [-0.2, 0) is 0 Å². The zero-order valence-electron chi connectivity index (χ0n) is 7.63. The largest absolute Gasteiger partial charge is 0.508 e. The number of phenols is 1. The first kappa shape index (κ1) is 9.77. The van der Waals surface area contributed by atoms with E-state index in [0.717, 1.165) is 32.0 Å². The number of aromatic hydroxyl groups is 1. The Morgan fingerprint density at radius 1 is 1.29 bits per heavy atom. The van der Waals surface area contributed by atoms with Crippen LogP contribution in [0.25, 0.3) is 0 Å². The van der Waals surface area contributed by atoms with Crippen molar-refractivity contribution in [2.45, 2.75) is 12.8 Å². The molecule has 1 aliphatic heterocycles. The Hall–Kier alpha value is -0.770. The van der Waals surface area contributed by atoms with Crippen LogP contribution >= 0.6 is 15.9 Å². The van der Waals surface area contributed by atoms with Gasteiger partial charge in [0.2, 0.25) is 0 Å². The molecular formula is C10H11BrFNO. The second-order valence-electron chi connectivity index (χ2n) is 3.45. The fourth-order valence-electron chi connectivity index (χ4n) is 1.79. The summed E-state index contributed by atoms with van der Waals surface area (Å²) in [4.78, 5) is 2.00. The van der Waals surface area contributed by atoms with Gasteiger partial charge in [-0.2, -0.15) is 0 Å².